The summed E-state index contributed by atoms with van der Waals surface area (Å²) in [7, 11) is 1.96. The maximum absolute atomic E-state index is 4.55. The zero-order valence-corrected chi connectivity index (χ0v) is 13.5. The summed E-state index contributed by atoms with van der Waals surface area (Å²) in [5.41, 5.74) is 2.46. The molecule has 114 valence electrons. The van der Waals surface area contributed by atoms with Crippen LogP contribution in [0.5, 0.6) is 0 Å². The van der Waals surface area contributed by atoms with E-state index in [1.807, 2.05) is 17.9 Å². The average Bonchev–Trinajstić information content (AvgIpc) is 3.14. The fraction of sp³-hybridized carbons (Fsp3) is 0.400. The molecule has 7 heteroatoms. The number of aromatic nitrogens is 4. The Morgan fingerprint density at radius 3 is 2.59 bits per heavy atom. The maximum atomic E-state index is 4.55. The molecule has 0 N–H and O–H groups in total. The van der Waals surface area contributed by atoms with E-state index in [9.17, 15) is 0 Å². The Balaban J connectivity index is 1.57. The Morgan fingerprint density at radius 1 is 1.09 bits per heavy atom. The fourth-order valence-corrected chi connectivity index (χ4v) is 3.87. The summed E-state index contributed by atoms with van der Waals surface area (Å²) in [6, 6.07) is 0. The number of hydrogen-bond donors (Lipinski definition) is 0. The van der Waals surface area contributed by atoms with Gasteiger partial charge in [-0.25, -0.2) is 9.97 Å². The lowest BCUT2D eigenvalue weighted by Crippen LogP contribution is -2.46. The van der Waals surface area contributed by atoms with Crippen LogP contribution in [-0.2, 0) is 7.05 Å². The van der Waals surface area contributed by atoms with Gasteiger partial charge in [-0.1, -0.05) is 0 Å². The monoisotopic (exact) mass is 314 g/mol. The van der Waals surface area contributed by atoms with E-state index in [1.165, 1.54) is 16.6 Å². The third-order valence-corrected chi connectivity index (χ3v) is 5.17. The molecule has 4 heterocycles. The van der Waals surface area contributed by atoms with E-state index in [4.69, 9.17) is 0 Å². The van der Waals surface area contributed by atoms with Gasteiger partial charge in [0.25, 0.3) is 0 Å². The van der Waals surface area contributed by atoms with Crippen molar-refractivity contribution in [3.05, 3.63) is 29.7 Å². The molecule has 0 amide bonds. The topological polar surface area (TPSA) is 50.1 Å². The Hall–Kier alpha value is -2.15. The molecule has 0 aromatic carbocycles. The molecule has 0 spiro atoms. The number of fused-ring (bicyclic) bond motifs is 1. The molecule has 0 saturated carbocycles. The molecule has 0 atom stereocenters. The third-order valence-electron chi connectivity index (χ3n) is 4.17. The van der Waals surface area contributed by atoms with Crippen LogP contribution in [0.1, 0.15) is 5.56 Å². The van der Waals surface area contributed by atoms with E-state index >= 15 is 0 Å². The molecule has 3 aromatic heterocycles. The molecule has 1 aliphatic rings. The summed E-state index contributed by atoms with van der Waals surface area (Å²) >= 11 is 1.69. The second-order valence-corrected chi connectivity index (χ2v) is 6.50. The summed E-state index contributed by atoms with van der Waals surface area (Å²) in [4.78, 5) is 14.8. The number of anilines is 2. The normalized spacial score (nSPS) is 15.7. The van der Waals surface area contributed by atoms with E-state index in [2.05, 4.69) is 43.4 Å². The predicted octanol–water partition coefficient (Wildman–Crippen LogP) is 2.06. The van der Waals surface area contributed by atoms with Crippen molar-refractivity contribution < 1.29 is 0 Å². The zero-order valence-electron chi connectivity index (χ0n) is 12.7. The van der Waals surface area contributed by atoms with Crippen LogP contribution in [0.4, 0.5) is 11.5 Å². The Morgan fingerprint density at radius 2 is 1.86 bits per heavy atom. The van der Waals surface area contributed by atoms with Gasteiger partial charge in [0.15, 0.2) is 0 Å². The van der Waals surface area contributed by atoms with Gasteiger partial charge in [-0.3, -0.25) is 4.68 Å². The highest BCUT2D eigenvalue weighted by molar-refractivity contribution is 7.17. The number of hydrogen-bond acceptors (Lipinski definition) is 6. The fourth-order valence-electron chi connectivity index (χ4n) is 2.99. The molecule has 1 aliphatic heterocycles. The SMILES string of the molecule is Cc1csc2ncnc(N3CCN(c4cnn(C)c4)CC3)c12. The van der Waals surface area contributed by atoms with E-state index in [-0.39, 0.29) is 0 Å². The summed E-state index contributed by atoms with van der Waals surface area (Å²) in [5.74, 6) is 1.08. The van der Waals surface area contributed by atoms with Crippen LogP contribution < -0.4 is 9.80 Å². The molecule has 1 fully saturated rings. The van der Waals surface area contributed by atoms with Gasteiger partial charge in [0.2, 0.25) is 0 Å². The highest BCUT2D eigenvalue weighted by Crippen LogP contribution is 2.31. The Kier molecular flexibility index (Phi) is 3.22. The number of rotatable bonds is 2. The molecule has 1 saturated heterocycles. The predicted molar refractivity (Wildman–Crippen MR) is 89.8 cm³/mol. The van der Waals surface area contributed by atoms with Crippen molar-refractivity contribution in [2.45, 2.75) is 6.92 Å². The summed E-state index contributed by atoms with van der Waals surface area (Å²) < 4.78 is 1.85. The minimum Gasteiger partial charge on any atom is -0.365 e. The molecular formula is C15H18N6S. The molecule has 6 nitrogen and oxygen atoms in total. The number of nitrogens with zero attached hydrogens (tertiary/aromatic N) is 6. The molecule has 4 rings (SSSR count). The van der Waals surface area contributed by atoms with Gasteiger partial charge < -0.3 is 9.80 Å². The lowest BCUT2D eigenvalue weighted by molar-refractivity contribution is 0.648. The summed E-state index contributed by atoms with van der Waals surface area (Å²) in [6.07, 6.45) is 5.68. The summed E-state index contributed by atoms with van der Waals surface area (Å²) in [5, 5.41) is 7.63. The van der Waals surface area contributed by atoms with Crippen molar-refractivity contribution in [1.29, 1.82) is 0 Å². The second kappa shape index (κ2) is 5.24. The lowest BCUT2D eigenvalue weighted by Gasteiger charge is -2.36. The van der Waals surface area contributed by atoms with Gasteiger partial charge in [-0.2, -0.15) is 5.10 Å². The van der Waals surface area contributed by atoms with Gasteiger partial charge in [0, 0.05) is 39.4 Å². The average molecular weight is 314 g/mol. The van der Waals surface area contributed by atoms with Crippen LogP contribution in [0, 0.1) is 6.92 Å². The first-order valence-electron chi connectivity index (χ1n) is 7.40. The zero-order chi connectivity index (χ0) is 15.1. The molecular weight excluding hydrogens is 296 g/mol. The summed E-state index contributed by atoms with van der Waals surface area (Å²) in [6.45, 7) is 6.05. The molecule has 0 unspecified atom stereocenters. The molecule has 22 heavy (non-hydrogen) atoms. The van der Waals surface area contributed by atoms with Crippen LogP contribution in [-0.4, -0.2) is 45.9 Å². The van der Waals surface area contributed by atoms with Crippen molar-refractivity contribution in [1.82, 2.24) is 19.7 Å². The third kappa shape index (κ3) is 2.21. The highest BCUT2D eigenvalue weighted by Gasteiger charge is 2.21. The van der Waals surface area contributed by atoms with E-state index in [0.717, 1.165) is 36.8 Å². The van der Waals surface area contributed by atoms with Gasteiger partial charge in [0.05, 0.1) is 17.3 Å². The minimum atomic E-state index is 0.969. The molecule has 0 radical (unpaired) electrons. The first-order valence-corrected chi connectivity index (χ1v) is 8.27. The van der Waals surface area contributed by atoms with Crippen LogP contribution >= 0.6 is 11.3 Å². The molecule has 0 bridgehead atoms. The number of aryl methyl sites for hydroxylation is 2. The van der Waals surface area contributed by atoms with Crippen LogP contribution in [0.25, 0.3) is 10.2 Å². The molecule has 3 aromatic rings. The number of thiophene rings is 1. The van der Waals surface area contributed by atoms with Crippen molar-refractivity contribution in [2.75, 3.05) is 36.0 Å². The van der Waals surface area contributed by atoms with Gasteiger partial charge in [0.1, 0.15) is 17.0 Å². The van der Waals surface area contributed by atoms with Crippen molar-refractivity contribution in [3.63, 3.8) is 0 Å². The Bertz CT molecular complexity index is 799. The molecule has 0 aliphatic carbocycles. The first kappa shape index (κ1) is 13.5. The smallest absolute Gasteiger partial charge is 0.141 e. The van der Waals surface area contributed by atoms with Crippen molar-refractivity contribution >= 4 is 33.1 Å². The van der Waals surface area contributed by atoms with E-state index in [0.29, 0.717) is 0 Å². The van der Waals surface area contributed by atoms with Gasteiger partial charge in [-0.05, 0) is 17.9 Å². The quantitative estimate of drug-likeness (QED) is 0.725. The van der Waals surface area contributed by atoms with Gasteiger partial charge >= 0.3 is 0 Å². The standard InChI is InChI=1S/C15H18N6S/c1-11-9-22-15-13(11)14(16-10-17-15)21-5-3-20(4-6-21)12-7-18-19(2)8-12/h7-10H,3-6H2,1-2H3. The Labute approximate surface area is 133 Å². The van der Waals surface area contributed by atoms with Crippen molar-refractivity contribution in [3.8, 4) is 0 Å². The highest BCUT2D eigenvalue weighted by atomic mass is 32.1. The largest absolute Gasteiger partial charge is 0.365 e. The minimum absolute atomic E-state index is 0.969. The van der Waals surface area contributed by atoms with Crippen molar-refractivity contribution in [2.24, 2.45) is 7.05 Å². The van der Waals surface area contributed by atoms with Crippen LogP contribution in [0.3, 0.4) is 0 Å². The number of piperazine rings is 1. The van der Waals surface area contributed by atoms with Crippen LogP contribution in [0.2, 0.25) is 0 Å². The lowest BCUT2D eigenvalue weighted by atomic mass is 10.2. The van der Waals surface area contributed by atoms with Crippen LogP contribution in [0.15, 0.2) is 24.1 Å². The van der Waals surface area contributed by atoms with Gasteiger partial charge in [-0.15, -0.1) is 11.3 Å². The first-order chi connectivity index (χ1) is 10.7. The second-order valence-electron chi connectivity index (χ2n) is 5.64. The van der Waals surface area contributed by atoms with E-state index in [1.54, 1.807) is 17.7 Å². The van der Waals surface area contributed by atoms with E-state index < -0.39 is 0 Å². The maximum Gasteiger partial charge on any atom is 0.141 e.